The van der Waals surface area contributed by atoms with Gasteiger partial charge in [0.25, 0.3) is 0 Å². The van der Waals surface area contributed by atoms with E-state index in [1.165, 1.54) is 0 Å². The van der Waals surface area contributed by atoms with Crippen molar-refractivity contribution in [3.8, 4) is 0 Å². The van der Waals surface area contributed by atoms with Gasteiger partial charge < -0.3 is 4.74 Å². The Kier molecular flexibility index (Phi) is 3.12. The second kappa shape index (κ2) is 3.94. The summed E-state index contributed by atoms with van der Waals surface area (Å²) in [5.41, 5.74) is -0.114. The third kappa shape index (κ3) is 1.76. The zero-order valence-electron chi connectivity index (χ0n) is 6.77. The van der Waals surface area contributed by atoms with Crippen LogP contribution in [-0.2, 0) is 14.3 Å². The molecule has 0 atom stereocenters. The molecule has 0 unspecified atom stereocenters. The Morgan fingerprint density at radius 1 is 1.23 bits per heavy atom. The lowest BCUT2D eigenvalue weighted by molar-refractivity contribution is -0.115. The molecule has 3 nitrogen and oxygen atoms in total. The van der Waals surface area contributed by atoms with E-state index in [-0.39, 0.29) is 15.6 Å². The van der Waals surface area contributed by atoms with Crippen LogP contribution >= 0.6 is 23.2 Å². The van der Waals surface area contributed by atoms with Crippen molar-refractivity contribution in [1.29, 1.82) is 0 Å². The van der Waals surface area contributed by atoms with E-state index in [9.17, 15) is 9.59 Å². The highest BCUT2D eigenvalue weighted by molar-refractivity contribution is 6.64. The Morgan fingerprint density at radius 2 is 1.69 bits per heavy atom. The highest BCUT2D eigenvalue weighted by Gasteiger charge is 2.34. The number of carbonyl (C=O) groups is 2. The minimum atomic E-state index is -0.579. The van der Waals surface area contributed by atoms with E-state index in [4.69, 9.17) is 27.9 Å². The monoisotopic (exact) mass is 220 g/mol. The summed E-state index contributed by atoms with van der Waals surface area (Å²) in [5, 5.41) is -0.477. The van der Waals surface area contributed by atoms with Crippen LogP contribution in [0.25, 0.3) is 0 Å². The Hall–Kier alpha value is -0.800. The second-order valence-electron chi connectivity index (χ2n) is 2.27. The van der Waals surface area contributed by atoms with Gasteiger partial charge in [-0.1, -0.05) is 23.2 Å². The van der Waals surface area contributed by atoms with Crippen molar-refractivity contribution >= 4 is 34.8 Å². The zero-order valence-corrected chi connectivity index (χ0v) is 8.28. The molecule has 0 aromatic rings. The standard InChI is InChI=1S/C8H6Cl2O3/c1-2-13-3-4-7(11)5(9)6(10)8(4)12/h3H,2H2,1H3. The van der Waals surface area contributed by atoms with Crippen LogP contribution < -0.4 is 0 Å². The molecule has 0 aromatic carbocycles. The summed E-state index contributed by atoms with van der Waals surface area (Å²) < 4.78 is 4.81. The van der Waals surface area contributed by atoms with Crippen LogP contribution in [0.2, 0.25) is 0 Å². The molecule has 5 heteroatoms. The van der Waals surface area contributed by atoms with Crippen molar-refractivity contribution < 1.29 is 14.3 Å². The highest BCUT2D eigenvalue weighted by Crippen LogP contribution is 2.29. The number of rotatable bonds is 2. The Bertz CT molecular complexity index is 302. The molecular formula is C8H6Cl2O3. The molecule has 0 aliphatic heterocycles. The van der Waals surface area contributed by atoms with Crippen molar-refractivity contribution in [2.75, 3.05) is 6.61 Å². The normalized spacial score (nSPS) is 17.0. The van der Waals surface area contributed by atoms with Gasteiger partial charge in [0.1, 0.15) is 15.6 Å². The number of ether oxygens (including phenoxy) is 1. The third-order valence-electron chi connectivity index (χ3n) is 1.45. The van der Waals surface area contributed by atoms with Crippen molar-refractivity contribution in [2.45, 2.75) is 6.92 Å². The molecule has 0 radical (unpaired) electrons. The number of halogens is 2. The van der Waals surface area contributed by atoms with E-state index in [1.54, 1.807) is 6.92 Å². The van der Waals surface area contributed by atoms with Crippen LogP contribution in [0.4, 0.5) is 0 Å². The van der Waals surface area contributed by atoms with E-state index < -0.39 is 11.6 Å². The Labute approximate surface area is 85.0 Å². The summed E-state index contributed by atoms with van der Waals surface area (Å²) in [4.78, 5) is 22.4. The molecule has 1 rings (SSSR count). The molecule has 13 heavy (non-hydrogen) atoms. The van der Waals surface area contributed by atoms with Gasteiger partial charge in [-0.2, -0.15) is 0 Å². The molecule has 70 valence electrons. The van der Waals surface area contributed by atoms with Gasteiger partial charge in [0.05, 0.1) is 12.9 Å². The van der Waals surface area contributed by atoms with Crippen LogP contribution in [-0.4, -0.2) is 18.2 Å². The second-order valence-corrected chi connectivity index (χ2v) is 3.03. The molecule has 0 saturated carbocycles. The van der Waals surface area contributed by atoms with Crippen molar-refractivity contribution in [2.24, 2.45) is 0 Å². The summed E-state index contributed by atoms with van der Waals surface area (Å²) in [6, 6.07) is 0. The average Bonchev–Trinajstić information content (AvgIpc) is 2.30. The lowest BCUT2D eigenvalue weighted by Crippen LogP contribution is -2.03. The van der Waals surface area contributed by atoms with E-state index in [2.05, 4.69) is 0 Å². The predicted octanol–water partition coefficient (Wildman–Crippen LogP) is 1.75. The van der Waals surface area contributed by atoms with Crippen molar-refractivity contribution in [3.05, 3.63) is 21.9 Å². The Morgan fingerprint density at radius 3 is 2.08 bits per heavy atom. The average molecular weight is 221 g/mol. The zero-order chi connectivity index (χ0) is 10.0. The maximum atomic E-state index is 11.2. The van der Waals surface area contributed by atoms with E-state index >= 15 is 0 Å². The van der Waals surface area contributed by atoms with Crippen LogP contribution in [0.15, 0.2) is 21.9 Å². The fourth-order valence-electron chi connectivity index (χ4n) is 0.813. The molecular weight excluding hydrogens is 215 g/mol. The highest BCUT2D eigenvalue weighted by atomic mass is 35.5. The molecule has 0 spiro atoms. The van der Waals surface area contributed by atoms with Gasteiger partial charge in [0.2, 0.25) is 11.6 Å². The summed E-state index contributed by atoms with van der Waals surface area (Å²) >= 11 is 10.9. The number of ketones is 2. The molecule has 0 aromatic heterocycles. The van der Waals surface area contributed by atoms with Crippen molar-refractivity contribution in [1.82, 2.24) is 0 Å². The largest absolute Gasteiger partial charge is 0.501 e. The first-order chi connectivity index (χ1) is 6.09. The summed E-state index contributed by atoms with van der Waals surface area (Å²) in [6.45, 7) is 2.11. The molecule has 0 saturated heterocycles. The van der Waals surface area contributed by atoms with E-state index in [0.29, 0.717) is 6.61 Å². The number of hydrogen-bond donors (Lipinski definition) is 0. The minimum Gasteiger partial charge on any atom is -0.501 e. The van der Waals surface area contributed by atoms with Crippen LogP contribution in [0.5, 0.6) is 0 Å². The van der Waals surface area contributed by atoms with Crippen LogP contribution in [0.3, 0.4) is 0 Å². The lowest BCUT2D eigenvalue weighted by Gasteiger charge is -1.95. The van der Waals surface area contributed by atoms with Gasteiger partial charge in [-0.05, 0) is 6.92 Å². The van der Waals surface area contributed by atoms with Crippen LogP contribution in [0.1, 0.15) is 6.92 Å². The van der Waals surface area contributed by atoms with Gasteiger partial charge in [-0.25, -0.2) is 0 Å². The molecule has 0 amide bonds. The van der Waals surface area contributed by atoms with Gasteiger partial charge in [-0.15, -0.1) is 0 Å². The van der Waals surface area contributed by atoms with Gasteiger partial charge in [0.15, 0.2) is 0 Å². The first-order valence-electron chi connectivity index (χ1n) is 3.56. The minimum absolute atomic E-state index is 0.114. The molecule has 0 bridgehead atoms. The molecule has 0 fully saturated rings. The maximum Gasteiger partial charge on any atom is 0.213 e. The quantitative estimate of drug-likeness (QED) is 0.405. The lowest BCUT2D eigenvalue weighted by atomic mass is 10.2. The number of allylic oxidation sites excluding steroid dienone is 3. The number of Topliss-reactive ketones (excluding diaryl/α,β-unsaturated/α-hetero) is 2. The fraction of sp³-hybridized carbons (Fsp3) is 0.250. The molecule has 1 aliphatic rings. The van der Waals surface area contributed by atoms with Gasteiger partial charge in [0, 0.05) is 0 Å². The maximum absolute atomic E-state index is 11.2. The van der Waals surface area contributed by atoms with E-state index in [1.807, 2.05) is 0 Å². The van der Waals surface area contributed by atoms with E-state index in [0.717, 1.165) is 6.26 Å². The SMILES string of the molecule is CCOC=C1C(=O)C(Cl)=C(Cl)C1=O. The predicted molar refractivity (Wildman–Crippen MR) is 48.5 cm³/mol. The summed E-state index contributed by atoms with van der Waals surface area (Å²) in [5.74, 6) is -1.16. The van der Waals surface area contributed by atoms with Gasteiger partial charge >= 0.3 is 0 Å². The molecule has 0 N–H and O–H groups in total. The van der Waals surface area contributed by atoms with Gasteiger partial charge in [-0.3, -0.25) is 9.59 Å². The summed E-state index contributed by atoms with van der Waals surface area (Å²) in [6.07, 6.45) is 1.09. The van der Waals surface area contributed by atoms with Crippen molar-refractivity contribution in [3.63, 3.8) is 0 Å². The van der Waals surface area contributed by atoms with Crippen LogP contribution in [0, 0.1) is 0 Å². The molecule has 0 heterocycles. The molecule has 1 aliphatic carbocycles. The Balaban J connectivity index is 2.97. The number of hydrogen-bond acceptors (Lipinski definition) is 3. The number of carbonyl (C=O) groups excluding carboxylic acids is 2. The summed E-state index contributed by atoms with van der Waals surface area (Å²) in [7, 11) is 0. The fourth-order valence-corrected chi connectivity index (χ4v) is 1.19. The first-order valence-corrected chi connectivity index (χ1v) is 4.31. The smallest absolute Gasteiger partial charge is 0.213 e. The topological polar surface area (TPSA) is 43.4 Å². The third-order valence-corrected chi connectivity index (χ3v) is 2.27. The first kappa shape index (κ1) is 10.3.